The van der Waals surface area contributed by atoms with E-state index in [-0.39, 0.29) is 16.2 Å². The molecule has 3 aromatic rings. The van der Waals surface area contributed by atoms with Crippen LogP contribution in [0.15, 0.2) is 70.3 Å². The van der Waals surface area contributed by atoms with E-state index in [0.29, 0.717) is 11.3 Å². The van der Waals surface area contributed by atoms with Crippen molar-refractivity contribution in [2.45, 2.75) is 23.6 Å². The minimum absolute atomic E-state index is 0.0419. The molecule has 0 aliphatic carbocycles. The second-order valence-electron chi connectivity index (χ2n) is 7.25. The van der Waals surface area contributed by atoms with Crippen LogP contribution in [0.2, 0.25) is 0 Å². The summed E-state index contributed by atoms with van der Waals surface area (Å²) in [7, 11) is 0.392. The first kappa shape index (κ1) is 21.9. The summed E-state index contributed by atoms with van der Waals surface area (Å²) in [6, 6.07) is 17.8. The van der Waals surface area contributed by atoms with Gasteiger partial charge in [0, 0.05) is 37.1 Å². The van der Waals surface area contributed by atoms with Crippen molar-refractivity contribution in [2.24, 2.45) is 0 Å². The number of hydrogen-bond acceptors (Lipinski definition) is 5. The van der Waals surface area contributed by atoms with Gasteiger partial charge in [-0.1, -0.05) is 18.2 Å². The summed E-state index contributed by atoms with van der Waals surface area (Å²) in [5.41, 5.74) is 3.16. The third kappa shape index (κ3) is 5.61. The summed E-state index contributed by atoms with van der Waals surface area (Å²) in [4.78, 5) is 14.6. The highest BCUT2D eigenvalue weighted by Gasteiger charge is 2.16. The summed E-state index contributed by atoms with van der Waals surface area (Å²) in [5.74, 6) is -0.194. The van der Waals surface area contributed by atoms with E-state index < -0.39 is 10.0 Å². The lowest BCUT2D eigenvalue weighted by Crippen LogP contribution is -2.34. The Hall–Kier alpha value is -2.84. The molecule has 1 heterocycles. The average molecular weight is 444 g/mol. The monoisotopic (exact) mass is 443 g/mol. The minimum atomic E-state index is -3.60. The summed E-state index contributed by atoms with van der Waals surface area (Å²) in [6.45, 7) is 1.96. The van der Waals surface area contributed by atoms with Crippen molar-refractivity contribution in [1.29, 1.82) is 0 Å². The van der Waals surface area contributed by atoms with E-state index in [0.717, 1.165) is 29.0 Å². The molecule has 3 rings (SSSR count). The number of sulfonamides is 1. The minimum Gasteiger partial charge on any atom is -0.378 e. The van der Waals surface area contributed by atoms with Gasteiger partial charge in [-0.15, -0.1) is 11.3 Å². The fourth-order valence-corrected chi connectivity index (χ4v) is 5.00. The number of thiophene rings is 1. The fourth-order valence-electron chi connectivity index (χ4n) is 2.95. The van der Waals surface area contributed by atoms with Crippen LogP contribution in [0.5, 0.6) is 0 Å². The van der Waals surface area contributed by atoms with Crippen LogP contribution in [0.25, 0.3) is 0 Å². The Morgan fingerprint density at radius 3 is 2.27 bits per heavy atom. The molecule has 1 atom stereocenters. The Kier molecular flexibility index (Phi) is 6.79. The van der Waals surface area contributed by atoms with Gasteiger partial charge in [0.15, 0.2) is 0 Å². The molecule has 0 fully saturated rings. The highest BCUT2D eigenvalue weighted by Crippen LogP contribution is 2.20. The zero-order chi connectivity index (χ0) is 21.7. The quantitative estimate of drug-likeness (QED) is 0.552. The van der Waals surface area contributed by atoms with Gasteiger partial charge in [0.25, 0.3) is 15.9 Å². The number of amides is 1. The molecule has 0 aliphatic rings. The van der Waals surface area contributed by atoms with Crippen LogP contribution in [0, 0.1) is 0 Å². The zero-order valence-electron chi connectivity index (χ0n) is 17.1. The lowest BCUT2D eigenvalue weighted by atomic mass is 10.1. The maximum absolute atomic E-state index is 12.5. The third-order valence-corrected chi connectivity index (χ3v) is 7.31. The van der Waals surface area contributed by atoms with Crippen molar-refractivity contribution in [3.63, 3.8) is 0 Å². The van der Waals surface area contributed by atoms with E-state index in [4.69, 9.17) is 0 Å². The van der Waals surface area contributed by atoms with Crippen molar-refractivity contribution in [2.75, 3.05) is 23.7 Å². The molecular formula is C22H25N3O3S2. The molecule has 1 amide bonds. The van der Waals surface area contributed by atoms with Crippen LogP contribution in [-0.2, 0) is 16.4 Å². The van der Waals surface area contributed by atoms with Gasteiger partial charge >= 0.3 is 0 Å². The highest BCUT2D eigenvalue weighted by molar-refractivity contribution is 7.94. The molecule has 2 N–H and O–H groups in total. The topological polar surface area (TPSA) is 78.5 Å². The van der Waals surface area contributed by atoms with Gasteiger partial charge < -0.3 is 10.2 Å². The second-order valence-corrected chi connectivity index (χ2v) is 10.1. The maximum Gasteiger partial charge on any atom is 0.271 e. The standard InChI is InChI=1S/C22H25N3O3S2/c1-16(15-17-6-12-20(13-7-17)25(2)3)23-22(26)18-8-10-19(11-9-18)24-30(27,28)21-5-4-14-29-21/h4-14,16,24H,15H2,1-3H3,(H,23,26)/t16-/m0/s1. The van der Waals surface area contributed by atoms with Gasteiger partial charge in [-0.2, -0.15) is 0 Å². The Morgan fingerprint density at radius 1 is 1.03 bits per heavy atom. The molecule has 0 radical (unpaired) electrons. The van der Waals surface area contributed by atoms with E-state index in [1.807, 2.05) is 25.9 Å². The van der Waals surface area contributed by atoms with Crippen molar-refractivity contribution >= 4 is 38.6 Å². The molecule has 0 saturated carbocycles. The van der Waals surface area contributed by atoms with Crippen molar-refractivity contribution in [3.05, 3.63) is 77.2 Å². The molecule has 0 saturated heterocycles. The smallest absolute Gasteiger partial charge is 0.271 e. The maximum atomic E-state index is 12.5. The molecule has 158 valence electrons. The first-order valence-corrected chi connectivity index (χ1v) is 11.8. The van der Waals surface area contributed by atoms with Gasteiger partial charge in [0.05, 0.1) is 0 Å². The first-order valence-electron chi connectivity index (χ1n) is 9.48. The Labute approximate surface area is 181 Å². The molecule has 2 aromatic carbocycles. The van der Waals surface area contributed by atoms with Gasteiger partial charge in [-0.25, -0.2) is 8.42 Å². The van der Waals surface area contributed by atoms with E-state index in [1.54, 1.807) is 41.8 Å². The molecule has 8 heteroatoms. The molecule has 0 spiro atoms. The van der Waals surface area contributed by atoms with E-state index >= 15 is 0 Å². The Morgan fingerprint density at radius 2 is 1.70 bits per heavy atom. The highest BCUT2D eigenvalue weighted by atomic mass is 32.2. The average Bonchev–Trinajstić information content (AvgIpc) is 3.24. The normalized spacial score (nSPS) is 12.2. The number of nitrogens with one attached hydrogen (secondary N) is 2. The number of hydrogen-bond donors (Lipinski definition) is 2. The Balaban J connectivity index is 1.57. The molecule has 30 heavy (non-hydrogen) atoms. The number of carbonyl (C=O) groups excluding carboxylic acids is 1. The van der Waals surface area contributed by atoms with Gasteiger partial charge in [-0.05, 0) is 66.8 Å². The summed E-state index contributed by atoms with van der Waals surface area (Å²) in [5, 5.41) is 4.69. The SMILES string of the molecule is C[C@@H](Cc1ccc(N(C)C)cc1)NC(=O)c1ccc(NS(=O)(=O)c2cccs2)cc1. The summed E-state index contributed by atoms with van der Waals surface area (Å²) < 4.78 is 27.3. The number of rotatable bonds is 8. The number of carbonyl (C=O) groups is 1. The van der Waals surface area contributed by atoms with E-state index in [2.05, 4.69) is 34.3 Å². The van der Waals surface area contributed by atoms with Crippen LogP contribution >= 0.6 is 11.3 Å². The van der Waals surface area contributed by atoms with E-state index in [1.165, 1.54) is 0 Å². The largest absolute Gasteiger partial charge is 0.378 e. The van der Waals surface area contributed by atoms with E-state index in [9.17, 15) is 13.2 Å². The van der Waals surface area contributed by atoms with Crippen molar-refractivity contribution in [3.8, 4) is 0 Å². The van der Waals surface area contributed by atoms with Crippen LogP contribution in [0.1, 0.15) is 22.8 Å². The molecule has 0 bridgehead atoms. The predicted molar refractivity (Wildman–Crippen MR) is 123 cm³/mol. The lowest BCUT2D eigenvalue weighted by molar-refractivity contribution is 0.0940. The number of nitrogens with zero attached hydrogens (tertiary/aromatic N) is 1. The zero-order valence-corrected chi connectivity index (χ0v) is 18.8. The third-order valence-electron chi connectivity index (χ3n) is 4.53. The number of anilines is 2. The van der Waals surface area contributed by atoms with Crippen LogP contribution in [0.3, 0.4) is 0 Å². The predicted octanol–water partition coefficient (Wildman–Crippen LogP) is 3.98. The summed E-state index contributed by atoms with van der Waals surface area (Å²) >= 11 is 1.15. The molecule has 1 aromatic heterocycles. The van der Waals surface area contributed by atoms with Crippen LogP contribution in [0.4, 0.5) is 11.4 Å². The number of benzene rings is 2. The Bertz CT molecular complexity index is 1080. The summed E-state index contributed by atoms with van der Waals surface area (Å²) in [6.07, 6.45) is 0.720. The van der Waals surface area contributed by atoms with Gasteiger partial charge in [0.2, 0.25) is 0 Å². The van der Waals surface area contributed by atoms with Crippen LogP contribution < -0.4 is 14.9 Å². The van der Waals surface area contributed by atoms with Crippen molar-refractivity contribution in [1.82, 2.24) is 5.32 Å². The first-order chi connectivity index (χ1) is 14.2. The van der Waals surface area contributed by atoms with Gasteiger partial charge in [-0.3, -0.25) is 9.52 Å². The molecule has 0 aliphatic heterocycles. The fraction of sp³-hybridized carbons (Fsp3) is 0.227. The molecule has 0 unspecified atom stereocenters. The lowest BCUT2D eigenvalue weighted by Gasteiger charge is -2.16. The molecular weight excluding hydrogens is 418 g/mol. The molecule has 6 nitrogen and oxygen atoms in total. The van der Waals surface area contributed by atoms with Gasteiger partial charge in [0.1, 0.15) is 4.21 Å². The van der Waals surface area contributed by atoms with Crippen molar-refractivity contribution < 1.29 is 13.2 Å². The van der Waals surface area contributed by atoms with Crippen LogP contribution in [-0.4, -0.2) is 34.5 Å². The second kappa shape index (κ2) is 9.32.